The first kappa shape index (κ1) is 14.7. The van der Waals surface area contributed by atoms with Gasteiger partial charge >= 0.3 is 0 Å². The molecule has 0 saturated heterocycles. The largest absolute Gasteiger partial charge is 0.308 e. The third-order valence-electron chi connectivity index (χ3n) is 3.14. The highest BCUT2D eigenvalue weighted by Gasteiger charge is 2.12. The fourth-order valence-corrected chi connectivity index (χ4v) is 2.18. The van der Waals surface area contributed by atoms with E-state index in [0.717, 1.165) is 17.8 Å². The van der Waals surface area contributed by atoms with E-state index in [1.165, 1.54) is 4.68 Å². The quantitative estimate of drug-likeness (QED) is 0.880. The summed E-state index contributed by atoms with van der Waals surface area (Å²) in [4.78, 5) is 0. The number of halogens is 1. The lowest BCUT2D eigenvalue weighted by Crippen LogP contribution is -2.14. The van der Waals surface area contributed by atoms with Crippen molar-refractivity contribution >= 4 is 0 Å². The zero-order valence-corrected chi connectivity index (χ0v) is 12.5. The molecule has 0 unspecified atom stereocenters. The molecule has 6 heteroatoms. The molecular formula is C14H22FN5. The molecule has 2 aromatic heterocycles. The van der Waals surface area contributed by atoms with E-state index in [1.807, 2.05) is 24.0 Å². The van der Waals surface area contributed by atoms with Crippen LogP contribution < -0.4 is 5.32 Å². The minimum Gasteiger partial charge on any atom is -0.308 e. The Hall–Kier alpha value is -1.69. The van der Waals surface area contributed by atoms with Crippen LogP contribution in [0.15, 0.2) is 12.4 Å². The Kier molecular flexibility index (Phi) is 4.54. The summed E-state index contributed by atoms with van der Waals surface area (Å²) in [6.45, 7) is 8.20. The molecule has 0 atom stereocenters. The first-order valence-corrected chi connectivity index (χ1v) is 6.87. The van der Waals surface area contributed by atoms with Crippen molar-refractivity contribution in [2.45, 2.75) is 40.4 Å². The van der Waals surface area contributed by atoms with Gasteiger partial charge in [0.2, 0.25) is 5.95 Å². The Morgan fingerprint density at radius 3 is 2.70 bits per heavy atom. The van der Waals surface area contributed by atoms with Crippen molar-refractivity contribution < 1.29 is 4.39 Å². The average Bonchev–Trinajstić information content (AvgIpc) is 2.88. The van der Waals surface area contributed by atoms with Gasteiger partial charge in [0.25, 0.3) is 0 Å². The summed E-state index contributed by atoms with van der Waals surface area (Å²) in [5.74, 6) is 0.299. The second-order valence-electron chi connectivity index (χ2n) is 5.55. The molecule has 0 saturated carbocycles. The topological polar surface area (TPSA) is 47.7 Å². The van der Waals surface area contributed by atoms with Gasteiger partial charge in [-0.3, -0.25) is 4.68 Å². The van der Waals surface area contributed by atoms with Crippen LogP contribution in [0.5, 0.6) is 0 Å². The van der Waals surface area contributed by atoms with Gasteiger partial charge in [0.05, 0.1) is 11.9 Å². The Morgan fingerprint density at radius 1 is 1.35 bits per heavy atom. The van der Waals surface area contributed by atoms with Crippen LogP contribution in [0.1, 0.15) is 30.7 Å². The predicted molar refractivity (Wildman–Crippen MR) is 75.5 cm³/mol. The smallest absolute Gasteiger partial charge is 0.215 e. The molecule has 0 aliphatic carbocycles. The monoisotopic (exact) mass is 279 g/mol. The maximum absolute atomic E-state index is 13.7. The fraction of sp³-hybridized carbons (Fsp3) is 0.571. The van der Waals surface area contributed by atoms with Gasteiger partial charge in [-0.05, 0) is 12.8 Å². The van der Waals surface area contributed by atoms with Gasteiger partial charge in [0, 0.05) is 44.0 Å². The second-order valence-corrected chi connectivity index (χ2v) is 5.55. The number of nitrogens with zero attached hydrogens (tertiary/aromatic N) is 4. The van der Waals surface area contributed by atoms with E-state index >= 15 is 0 Å². The van der Waals surface area contributed by atoms with Gasteiger partial charge in [-0.25, -0.2) is 4.68 Å². The first-order valence-electron chi connectivity index (χ1n) is 6.87. The predicted octanol–water partition coefficient (Wildman–Crippen LogP) is 2.01. The molecule has 2 heterocycles. The van der Waals surface area contributed by atoms with Crippen LogP contribution in [-0.4, -0.2) is 19.6 Å². The minimum absolute atomic E-state index is 0.273. The van der Waals surface area contributed by atoms with Crippen LogP contribution in [-0.2, 0) is 26.7 Å². The zero-order chi connectivity index (χ0) is 14.7. The van der Waals surface area contributed by atoms with Crippen LogP contribution in [0.4, 0.5) is 4.39 Å². The SMILES string of the molecule is Cc1nn(C)c(F)c1CNCc1cnn(CC(C)C)c1. The summed E-state index contributed by atoms with van der Waals surface area (Å²) >= 11 is 0. The second kappa shape index (κ2) is 6.17. The summed E-state index contributed by atoms with van der Waals surface area (Å²) in [6, 6.07) is 0. The van der Waals surface area contributed by atoms with E-state index in [2.05, 4.69) is 29.4 Å². The summed E-state index contributed by atoms with van der Waals surface area (Å²) in [5.41, 5.74) is 2.46. The standard InChI is InChI=1S/C14H22FN5/c1-10(2)8-20-9-12(6-17-20)5-16-7-13-11(3)18-19(4)14(13)15/h6,9-10,16H,5,7-8H2,1-4H3. The number of nitrogens with one attached hydrogen (secondary N) is 1. The van der Waals surface area contributed by atoms with Gasteiger partial charge < -0.3 is 5.32 Å². The first-order chi connectivity index (χ1) is 9.47. The van der Waals surface area contributed by atoms with E-state index in [1.54, 1.807) is 7.05 Å². The molecule has 5 nitrogen and oxygen atoms in total. The van der Waals surface area contributed by atoms with Crippen molar-refractivity contribution in [1.29, 1.82) is 0 Å². The third-order valence-corrected chi connectivity index (χ3v) is 3.14. The molecule has 0 radical (unpaired) electrons. The normalized spacial score (nSPS) is 11.5. The fourth-order valence-electron chi connectivity index (χ4n) is 2.18. The van der Waals surface area contributed by atoms with Gasteiger partial charge in [0.15, 0.2) is 0 Å². The zero-order valence-electron chi connectivity index (χ0n) is 12.5. The highest BCUT2D eigenvalue weighted by molar-refractivity contribution is 5.17. The maximum atomic E-state index is 13.7. The van der Waals surface area contributed by atoms with E-state index in [-0.39, 0.29) is 5.95 Å². The summed E-state index contributed by atoms with van der Waals surface area (Å²) in [7, 11) is 1.61. The molecule has 0 fully saturated rings. The molecule has 0 aliphatic rings. The molecule has 0 aliphatic heterocycles. The van der Waals surface area contributed by atoms with E-state index < -0.39 is 0 Å². The Bertz CT molecular complexity index is 570. The van der Waals surface area contributed by atoms with Gasteiger partial charge in [0.1, 0.15) is 0 Å². The lowest BCUT2D eigenvalue weighted by atomic mass is 10.2. The van der Waals surface area contributed by atoms with Crippen LogP contribution in [0, 0.1) is 18.8 Å². The molecule has 2 rings (SSSR count). The molecule has 1 N–H and O–H groups in total. The number of aryl methyl sites for hydroxylation is 2. The summed E-state index contributed by atoms with van der Waals surface area (Å²) < 4.78 is 17.0. The van der Waals surface area contributed by atoms with E-state index in [9.17, 15) is 4.39 Å². The molecule has 20 heavy (non-hydrogen) atoms. The number of rotatable bonds is 6. The van der Waals surface area contributed by atoms with Crippen molar-refractivity contribution in [1.82, 2.24) is 24.9 Å². The molecule has 0 aromatic carbocycles. The van der Waals surface area contributed by atoms with Crippen LogP contribution in [0.25, 0.3) is 0 Å². The average molecular weight is 279 g/mol. The van der Waals surface area contributed by atoms with Crippen molar-refractivity contribution in [3.8, 4) is 0 Å². The van der Waals surface area contributed by atoms with Crippen molar-refractivity contribution in [2.75, 3.05) is 0 Å². The van der Waals surface area contributed by atoms with Crippen molar-refractivity contribution in [2.24, 2.45) is 13.0 Å². The lowest BCUT2D eigenvalue weighted by molar-refractivity contribution is 0.482. The Balaban J connectivity index is 1.88. The van der Waals surface area contributed by atoms with E-state index in [4.69, 9.17) is 0 Å². The Labute approximate surface area is 118 Å². The minimum atomic E-state index is -0.273. The van der Waals surface area contributed by atoms with Crippen LogP contribution in [0.2, 0.25) is 0 Å². The Morgan fingerprint density at radius 2 is 2.10 bits per heavy atom. The molecular weight excluding hydrogens is 257 g/mol. The van der Waals surface area contributed by atoms with Crippen molar-refractivity contribution in [3.63, 3.8) is 0 Å². The highest BCUT2D eigenvalue weighted by atomic mass is 19.1. The van der Waals surface area contributed by atoms with E-state index in [0.29, 0.717) is 24.6 Å². The molecule has 110 valence electrons. The van der Waals surface area contributed by atoms with Crippen molar-refractivity contribution in [3.05, 3.63) is 35.2 Å². The number of hydrogen-bond donors (Lipinski definition) is 1. The number of hydrogen-bond acceptors (Lipinski definition) is 3. The van der Waals surface area contributed by atoms with Crippen LogP contribution in [0.3, 0.4) is 0 Å². The molecule has 0 bridgehead atoms. The van der Waals surface area contributed by atoms with Gasteiger partial charge in [-0.1, -0.05) is 13.8 Å². The molecule has 0 amide bonds. The highest BCUT2D eigenvalue weighted by Crippen LogP contribution is 2.11. The van der Waals surface area contributed by atoms with Gasteiger partial charge in [-0.15, -0.1) is 0 Å². The molecule has 0 spiro atoms. The van der Waals surface area contributed by atoms with Crippen LogP contribution >= 0.6 is 0 Å². The third kappa shape index (κ3) is 3.45. The van der Waals surface area contributed by atoms with Gasteiger partial charge in [-0.2, -0.15) is 14.6 Å². The summed E-state index contributed by atoms with van der Waals surface area (Å²) in [5, 5.41) is 11.6. The molecule has 2 aromatic rings. The summed E-state index contributed by atoms with van der Waals surface area (Å²) in [6.07, 6.45) is 3.88. The number of aromatic nitrogens is 4. The lowest BCUT2D eigenvalue weighted by Gasteiger charge is -2.04. The maximum Gasteiger partial charge on any atom is 0.215 e.